The van der Waals surface area contributed by atoms with Gasteiger partial charge in [0.1, 0.15) is 5.75 Å². The minimum Gasteiger partial charge on any atom is -0.494 e. The molecule has 0 bridgehead atoms. The van der Waals surface area contributed by atoms with Gasteiger partial charge >= 0.3 is 0 Å². The van der Waals surface area contributed by atoms with E-state index in [0.29, 0.717) is 28.9 Å². The minimum atomic E-state index is -1.04. The van der Waals surface area contributed by atoms with Crippen LogP contribution in [0.3, 0.4) is 0 Å². The normalized spacial score (nSPS) is 12.2. The number of carbonyl (C=O) groups is 1. The van der Waals surface area contributed by atoms with Crippen molar-refractivity contribution in [1.29, 1.82) is 0 Å². The Morgan fingerprint density at radius 1 is 1.17 bits per heavy atom. The highest BCUT2D eigenvalue weighted by atomic mass is 35.5. The van der Waals surface area contributed by atoms with Gasteiger partial charge in [-0.3, -0.25) is 4.79 Å². The largest absolute Gasteiger partial charge is 0.494 e. The number of rotatable bonds is 8. The molecule has 1 atom stereocenters. The third-order valence-electron chi connectivity index (χ3n) is 3.53. The van der Waals surface area contributed by atoms with Crippen molar-refractivity contribution >= 4 is 36.6 Å². The first-order valence-electron chi connectivity index (χ1n) is 7.87. The highest BCUT2D eigenvalue weighted by Gasteiger charge is 2.19. The summed E-state index contributed by atoms with van der Waals surface area (Å²) in [5.74, 6) is 0.975. The minimum absolute atomic E-state index is 0.403. The third-order valence-corrected chi connectivity index (χ3v) is 5.74. The van der Waals surface area contributed by atoms with E-state index >= 15 is 0 Å². The standard InChI is InChI=1S/C19H22ClO3P/c1-14(2)9-10-23-24(16-7-5-4-6-8-16)17-11-15(13-21)19(22-3)18(20)12-17/h4-8,11-14H,9-10H2,1-3H3. The summed E-state index contributed by atoms with van der Waals surface area (Å²) in [5, 5.41) is 2.43. The van der Waals surface area contributed by atoms with Crippen molar-refractivity contribution in [2.75, 3.05) is 13.7 Å². The molecule has 5 heteroatoms. The van der Waals surface area contributed by atoms with E-state index in [9.17, 15) is 4.79 Å². The summed E-state index contributed by atoms with van der Waals surface area (Å²) in [6, 6.07) is 13.7. The molecule has 0 saturated carbocycles. The van der Waals surface area contributed by atoms with E-state index in [1.165, 1.54) is 7.11 Å². The van der Waals surface area contributed by atoms with Crippen LogP contribution in [0.2, 0.25) is 5.02 Å². The smallest absolute Gasteiger partial charge is 0.153 e. The Morgan fingerprint density at radius 2 is 1.88 bits per heavy atom. The van der Waals surface area contributed by atoms with Crippen molar-refractivity contribution in [1.82, 2.24) is 0 Å². The number of ether oxygens (including phenoxy) is 1. The molecule has 0 N–H and O–H groups in total. The van der Waals surface area contributed by atoms with Gasteiger partial charge in [-0.05, 0) is 24.5 Å². The van der Waals surface area contributed by atoms with Crippen LogP contribution in [0, 0.1) is 5.92 Å². The molecule has 128 valence electrons. The molecule has 0 saturated heterocycles. The Hall–Kier alpha value is -1.41. The second-order valence-corrected chi connectivity index (χ2v) is 8.10. The molecule has 2 aromatic carbocycles. The highest BCUT2D eigenvalue weighted by molar-refractivity contribution is 7.68. The summed E-state index contributed by atoms with van der Waals surface area (Å²) in [5.41, 5.74) is 0.441. The van der Waals surface area contributed by atoms with Crippen molar-refractivity contribution < 1.29 is 14.1 Å². The predicted octanol–water partition coefficient (Wildman–Crippen LogP) is 4.57. The first kappa shape index (κ1) is 18.9. The number of hydrogen-bond acceptors (Lipinski definition) is 3. The average molecular weight is 365 g/mol. The summed E-state index contributed by atoms with van der Waals surface area (Å²) in [6.07, 6.45) is 1.75. The van der Waals surface area contributed by atoms with Crippen LogP contribution in [0.4, 0.5) is 0 Å². The van der Waals surface area contributed by atoms with Gasteiger partial charge in [0.05, 0.1) is 32.5 Å². The molecule has 24 heavy (non-hydrogen) atoms. The molecule has 0 spiro atoms. The Morgan fingerprint density at radius 3 is 2.46 bits per heavy atom. The summed E-state index contributed by atoms with van der Waals surface area (Å²) < 4.78 is 11.4. The van der Waals surface area contributed by atoms with Crippen LogP contribution in [0.25, 0.3) is 0 Å². The Balaban J connectivity index is 2.39. The van der Waals surface area contributed by atoms with Crippen LogP contribution < -0.4 is 15.3 Å². The fourth-order valence-electron chi connectivity index (χ4n) is 2.26. The molecular formula is C19H22ClO3P. The number of aldehydes is 1. The zero-order chi connectivity index (χ0) is 17.5. The Bertz CT molecular complexity index is 674. The van der Waals surface area contributed by atoms with Crippen LogP contribution in [0.15, 0.2) is 42.5 Å². The second kappa shape index (κ2) is 9.17. The van der Waals surface area contributed by atoms with Gasteiger partial charge in [-0.2, -0.15) is 0 Å². The van der Waals surface area contributed by atoms with Gasteiger partial charge in [-0.15, -0.1) is 0 Å². The Kier molecular flexibility index (Phi) is 7.23. The molecule has 0 radical (unpaired) electrons. The lowest BCUT2D eigenvalue weighted by Gasteiger charge is -2.20. The SMILES string of the molecule is COc1c(Cl)cc(P(OCCC(C)C)c2ccccc2)cc1C=O. The summed E-state index contributed by atoms with van der Waals surface area (Å²) in [6.45, 7) is 5.00. The lowest BCUT2D eigenvalue weighted by atomic mass is 10.2. The molecule has 3 nitrogen and oxygen atoms in total. The molecular weight excluding hydrogens is 343 g/mol. The molecule has 0 heterocycles. The summed E-state index contributed by atoms with van der Waals surface area (Å²) in [4.78, 5) is 11.4. The van der Waals surface area contributed by atoms with Crippen LogP contribution in [0.1, 0.15) is 30.6 Å². The van der Waals surface area contributed by atoms with Gasteiger partial charge in [-0.25, -0.2) is 0 Å². The molecule has 0 aliphatic carbocycles. The van der Waals surface area contributed by atoms with Crippen LogP contribution in [0.5, 0.6) is 5.75 Å². The lowest BCUT2D eigenvalue weighted by molar-refractivity contribution is 0.112. The molecule has 1 unspecified atom stereocenters. The van der Waals surface area contributed by atoms with E-state index in [4.69, 9.17) is 20.9 Å². The summed E-state index contributed by atoms with van der Waals surface area (Å²) >= 11 is 6.30. The van der Waals surface area contributed by atoms with E-state index in [-0.39, 0.29) is 0 Å². The Labute approximate surface area is 149 Å². The van der Waals surface area contributed by atoms with Gasteiger partial charge in [0.25, 0.3) is 0 Å². The first-order chi connectivity index (χ1) is 11.6. The van der Waals surface area contributed by atoms with E-state index in [1.807, 2.05) is 42.5 Å². The number of halogens is 1. The van der Waals surface area contributed by atoms with Gasteiger partial charge in [0.15, 0.2) is 6.29 Å². The molecule has 0 aliphatic rings. The zero-order valence-electron chi connectivity index (χ0n) is 14.2. The van der Waals surface area contributed by atoms with Crippen molar-refractivity contribution in [3.05, 3.63) is 53.1 Å². The van der Waals surface area contributed by atoms with E-state index < -0.39 is 8.15 Å². The summed E-state index contributed by atoms with van der Waals surface area (Å²) in [7, 11) is 0.471. The zero-order valence-corrected chi connectivity index (χ0v) is 15.8. The molecule has 0 aliphatic heterocycles. The maximum atomic E-state index is 11.4. The maximum Gasteiger partial charge on any atom is 0.153 e. The third kappa shape index (κ3) is 4.80. The van der Waals surface area contributed by atoms with Crippen LogP contribution in [-0.4, -0.2) is 20.0 Å². The van der Waals surface area contributed by atoms with Gasteiger partial charge < -0.3 is 9.26 Å². The van der Waals surface area contributed by atoms with Crippen molar-refractivity contribution in [2.24, 2.45) is 5.92 Å². The predicted molar refractivity (Wildman–Crippen MR) is 101 cm³/mol. The first-order valence-corrected chi connectivity index (χ1v) is 9.51. The fraction of sp³-hybridized carbons (Fsp3) is 0.316. The number of benzene rings is 2. The topological polar surface area (TPSA) is 35.5 Å². The monoisotopic (exact) mass is 364 g/mol. The van der Waals surface area contributed by atoms with Gasteiger partial charge in [-0.1, -0.05) is 55.8 Å². The molecule has 0 fully saturated rings. The number of hydrogen-bond donors (Lipinski definition) is 0. The number of methoxy groups -OCH3 is 1. The van der Waals surface area contributed by atoms with Crippen molar-refractivity contribution in [3.8, 4) is 5.75 Å². The fourth-order valence-corrected chi connectivity index (χ4v) is 4.47. The van der Waals surface area contributed by atoms with Crippen molar-refractivity contribution in [2.45, 2.75) is 20.3 Å². The average Bonchev–Trinajstić information content (AvgIpc) is 2.58. The molecule has 0 amide bonds. The molecule has 2 rings (SSSR count). The van der Waals surface area contributed by atoms with Crippen molar-refractivity contribution in [3.63, 3.8) is 0 Å². The second-order valence-electron chi connectivity index (χ2n) is 5.81. The van der Waals surface area contributed by atoms with Gasteiger partial charge in [0, 0.05) is 10.6 Å². The van der Waals surface area contributed by atoms with Crippen LogP contribution in [-0.2, 0) is 4.52 Å². The highest BCUT2D eigenvalue weighted by Crippen LogP contribution is 2.38. The lowest BCUT2D eigenvalue weighted by Crippen LogP contribution is -2.16. The molecule has 0 aromatic heterocycles. The van der Waals surface area contributed by atoms with Crippen LogP contribution >= 0.6 is 19.7 Å². The van der Waals surface area contributed by atoms with E-state index in [0.717, 1.165) is 23.3 Å². The van der Waals surface area contributed by atoms with E-state index in [1.54, 1.807) is 0 Å². The quantitative estimate of drug-likeness (QED) is 0.508. The van der Waals surface area contributed by atoms with E-state index in [2.05, 4.69) is 13.8 Å². The maximum absolute atomic E-state index is 11.4. The molecule has 2 aromatic rings. The van der Waals surface area contributed by atoms with Gasteiger partial charge in [0.2, 0.25) is 0 Å². The number of carbonyl (C=O) groups excluding carboxylic acids is 1.